The van der Waals surface area contributed by atoms with Crippen LogP contribution < -0.4 is 10.6 Å². The van der Waals surface area contributed by atoms with Gasteiger partial charge in [-0.2, -0.15) is 0 Å². The summed E-state index contributed by atoms with van der Waals surface area (Å²) in [5.41, 5.74) is 8.24. The van der Waals surface area contributed by atoms with Gasteiger partial charge in [-0.3, -0.25) is 4.90 Å². The lowest BCUT2D eigenvalue weighted by molar-refractivity contribution is 0.231. The van der Waals surface area contributed by atoms with Crippen LogP contribution in [0.1, 0.15) is 18.4 Å². The first kappa shape index (κ1) is 13.2. The van der Waals surface area contributed by atoms with Crippen molar-refractivity contribution in [1.29, 1.82) is 0 Å². The molecule has 0 saturated carbocycles. The third-order valence-corrected chi connectivity index (χ3v) is 4.69. The van der Waals surface area contributed by atoms with Crippen molar-refractivity contribution in [2.45, 2.75) is 25.3 Å². The fourth-order valence-electron chi connectivity index (χ4n) is 3.47. The van der Waals surface area contributed by atoms with E-state index in [-0.39, 0.29) is 0 Å². The molecule has 2 heterocycles. The summed E-state index contributed by atoms with van der Waals surface area (Å²) in [7, 11) is 0. The zero-order chi connectivity index (χ0) is 13.2. The van der Waals surface area contributed by atoms with Crippen molar-refractivity contribution in [3.63, 3.8) is 0 Å². The minimum atomic E-state index is 0.677. The molecule has 2 N–H and O–H groups in total. The summed E-state index contributed by atoms with van der Waals surface area (Å²) < 4.78 is 0. The summed E-state index contributed by atoms with van der Waals surface area (Å²) in [6.07, 6.45) is 3.57. The number of benzene rings is 1. The van der Waals surface area contributed by atoms with E-state index in [2.05, 4.69) is 15.9 Å². The molecule has 0 spiro atoms. The molecular formula is C15H22ClN3. The molecule has 3 rings (SSSR count). The number of rotatable bonds is 3. The van der Waals surface area contributed by atoms with Gasteiger partial charge in [0.1, 0.15) is 0 Å². The number of nitrogens with zero attached hydrogens (tertiary/aromatic N) is 2. The number of hydrogen-bond acceptors (Lipinski definition) is 3. The van der Waals surface area contributed by atoms with Gasteiger partial charge in [-0.1, -0.05) is 23.7 Å². The first-order chi connectivity index (χ1) is 9.29. The van der Waals surface area contributed by atoms with Crippen LogP contribution in [0.15, 0.2) is 18.2 Å². The second-order valence-corrected chi connectivity index (χ2v) is 5.97. The van der Waals surface area contributed by atoms with Gasteiger partial charge in [0.25, 0.3) is 0 Å². The molecule has 3 nitrogen and oxygen atoms in total. The molecule has 2 aliphatic rings. The van der Waals surface area contributed by atoms with E-state index in [9.17, 15) is 0 Å². The van der Waals surface area contributed by atoms with Crippen molar-refractivity contribution in [2.75, 3.05) is 37.6 Å². The summed E-state index contributed by atoms with van der Waals surface area (Å²) in [4.78, 5) is 5.09. The predicted molar refractivity (Wildman–Crippen MR) is 81.0 cm³/mol. The monoisotopic (exact) mass is 279 g/mol. The van der Waals surface area contributed by atoms with Crippen molar-refractivity contribution in [1.82, 2.24) is 4.90 Å². The number of nitrogens with two attached hydrogens (primary N) is 1. The molecule has 1 atom stereocenters. The van der Waals surface area contributed by atoms with Crippen molar-refractivity contribution >= 4 is 17.3 Å². The maximum absolute atomic E-state index is 6.45. The van der Waals surface area contributed by atoms with E-state index in [1.54, 1.807) is 0 Å². The average Bonchev–Trinajstić information content (AvgIpc) is 2.86. The quantitative estimate of drug-likeness (QED) is 0.920. The third-order valence-electron chi connectivity index (χ3n) is 4.39. The SMILES string of the molecule is NCCc1cccc(Cl)c1N1CCN2CCCC2C1. The predicted octanol–water partition coefficient (Wildman–Crippen LogP) is 2.13. The summed E-state index contributed by atoms with van der Waals surface area (Å²) >= 11 is 6.45. The molecule has 1 aromatic carbocycles. The highest BCUT2D eigenvalue weighted by molar-refractivity contribution is 6.33. The van der Waals surface area contributed by atoms with Crippen LogP contribution in [-0.4, -0.2) is 43.7 Å². The zero-order valence-electron chi connectivity index (χ0n) is 11.3. The number of piperazine rings is 1. The van der Waals surface area contributed by atoms with Gasteiger partial charge in [0.05, 0.1) is 10.7 Å². The first-order valence-electron chi connectivity index (χ1n) is 7.26. The summed E-state index contributed by atoms with van der Waals surface area (Å²) in [5.74, 6) is 0. The molecule has 1 unspecified atom stereocenters. The maximum atomic E-state index is 6.45. The van der Waals surface area contributed by atoms with Crippen LogP contribution in [0.2, 0.25) is 5.02 Å². The van der Waals surface area contributed by atoms with Gasteiger partial charge >= 0.3 is 0 Å². The molecule has 19 heavy (non-hydrogen) atoms. The Morgan fingerprint density at radius 3 is 3.00 bits per heavy atom. The largest absolute Gasteiger partial charge is 0.367 e. The van der Waals surface area contributed by atoms with Gasteiger partial charge < -0.3 is 10.6 Å². The zero-order valence-corrected chi connectivity index (χ0v) is 12.1. The Kier molecular flexibility index (Phi) is 3.96. The summed E-state index contributed by atoms with van der Waals surface area (Å²) in [6, 6.07) is 6.91. The fraction of sp³-hybridized carbons (Fsp3) is 0.600. The molecule has 0 aliphatic carbocycles. The maximum Gasteiger partial charge on any atom is 0.0642 e. The minimum absolute atomic E-state index is 0.677. The molecule has 0 amide bonds. The second kappa shape index (κ2) is 5.70. The van der Waals surface area contributed by atoms with Crippen LogP contribution in [-0.2, 0) is 6.42 Å². The van der Waals surface area contributed by atoms with E-state index < -0.39 is 0 Å². The Labute approximate surface area is 120 Å². The van der Waals surface area contributed by atoms with Crippen molar-refractivity contribution in [3.8, 4) is 0 Å². The molecule has 4 heteroatoms. The number of halogens is 1. The second-order valence-electron chi connectivity index (χ2n) is 5.56. The van der Waals surface area contributed by atoms with Gasteiger partial charge in [-0.05, 0) is 44.0 Å². The Morgan fingerprint density at radius 2 is 2.16 bits per heavy atom. The van der Waals surface area contributed by atoms with Gasteiger partial charge in [-0.25, -0.2) is 0 Å². The lowest BCUT2D eigenvalue weighted by atomic mass is 10.1. The topological polar surface area (TPSA) is 32.5 Å². The van der Waals surface area contributed by atoms with Gasteiger partial charge in [0, 0.05) is 25.7 Å². The smallest absolute Gasteiger partial charge is 0.0642 e. The van der Waals surface area contributed by atoms with Crippen LogP contribution in [0.3, 0.4) is 0 Å². The molecule has 0 bridgehead atoms. The molecule has 2 fully saturated rings. The number of fused-ring (bicyclic) bond motifs is 1. The van der Waals surface area contributed by atoms with E-state index in [0.29, 0.717) is 6.54 Å². The normalized spacial score (nSPS) is 23.7. The summed E-state index contributed by atoms with van der Waals surface area (Å²) in [6.45, 7) is 5.31. The Hall–Kier alpha value is -0.770. The number of hydrogen-bond donors (Lipinski definition) is 1. The summed E-state index contributed by atoms with van der Waals surface area (Å²) in [5, 5.41) is 0.873. The standard InChI is InChI=1S/C15H22ClN3/c16-14-5-1-3-12(6-7-17)15(14)19-10-9-18-8-2-4-13(18)11-19/h1,3,5,13H,2,4,6-11,17H2. The third kappa shape index (κ3) is 2.60. The highest BCUT2D eigenvalue weighted by atomic mass is 35.5. The van der Waals surface area contributed by atoms with Crippen molar-refractivity contribution in [2.24, 2.45) is 5.73 Å². The molecule has 1 aromatic rings. The van der Waals surface area contributed by atoms with Crippen LogP contribution in [0, 0.1) is 0 Å². The van der Waals surface area contributed by atoms with Gasteiger partial charge in [0.15, 0.2) is 0 Å². The van der Waals surface area contributed by atoms with E-state index in [0.717, 1.165) is 37.1 Å². The minimum Gasteiger partial charge on any atom is -0.367 e. The Morgan fingerprint density at radius 1 is 1.26 bits per heavy atom. The number of para-hydroxylation sites is 1. The Balaban J connectivity index is 1.85. The lowest BCUT2D eigenvalue weighted by Gasteiger charge is -2.40. The van der Waals surface area contributed by atoms with Crippen molar-refractivity contribution in [3.05, 3.63) is 28.8 Å². The molecule has 2 saturated heterocycles. The van der Waals surface area contributed by atoms with Crippen LogP contribution in [0.5, 0.6) is 0 Å². The molecule has 0 aromatic heterocycles. The highest BCUT2D eigenvalue weighted by Gasteiger charge is 2.31. The van der Waals surface area contributed by atoms with Gasteiger partial charge in [-0.15, -0.1) is 0 Å². The van der Waals surface area contributed by atoms with Gasteiger partial charge in [0.2, 0.25) is 0 Å². The molecule has 0 radical (unpaired) electrons. The van der Waals surface area contributed by atoms with E-state index in [4.69, 9.17) is 17.3 Å². The van der Waals surface area contributed by atoms with E-state index in [1.807, 2.05) is 12.1 Å². The first-order valence-corrected chi connectivity index (χ1v) is 7.64. The fourth-order valence-corrected chi connectivity index (χ4v) is 3.78. The van der Waals surface area contributed by atoms with Crippen molar-refractivity contribution < 1.29 is 0 Å². The highest BCUT2D eigenvalue weighted by Crippen LogP contribution is 2.33. The van der Waals surface area contributed by atoms with E-state index >= 15 is 0 Å². The van der Waals surface area contributed by atoms with Crippen LogP contribution in [0.25, 0.3) is 0 Å². The van der Waals surface area contributed by atoms with Crippen LogP contribution >= 0.6 is 11.6 Å². The number of anilines is 1. The molecule has 2 aliphatic heterocycles. The lowest BCUT2D eigenvalue weighted by Crippen LogP contribution is -2.50. The van der Waals surface area contributed by atoms with Crippen LogP contribution in [0.4, 0.5) is 5.69 Å². The van der Waals surface area contributed by atoms with E-state index in [1.165, 1.54) is 30.6 Å². The average molecular weight is 280 g/mol. The molecule has 104 valence electrons. The Bertz CT molecular complexity index is 449. The molecular weight excluding hydrogens is 258 g/mol.